The van der Waals surface area contributed by atoms with Gasteiger partial charge in [-0.1, -0.05) is 64.0 Å². The Morgan fingerprint density at radius 2 is 1.71 bits per heavy atom. The number of alkyl carbamates (subject to hydrolysis) is 1. The molecule has 1 amide bonds. The molecule has 0 radical (unpaired) electrons. The van der Waals surface area contributed by atoms with E-state index in [2.05, 4.69) is 15.3 Å². The van der Waals surface area contributed by atoms with Crippen molar-refractivity contribution in [2.75, 3.05) is 7.11 Å². The number of carbonyl (C=O) groups is 4. The van der Waals surface area contributed by atoms with Crippen molar-refractivity contribution >= 4 is 29.1 Å². The van der Waals surface area contributed by atoms with Gasteiger partial charge in [0.05, 0.1) is 42.0 Å². The molecule has 1 heterocycles. The SMILES string of the molecule is CCC(=O)[C@]1(O)Cc2c(O)c3c(c(O)c2[C@@H](O[C@H]2C[C@H](NC(=O)OCc4cc(C(C)C)c(N=[N+]=[N-])c(C(C)C)c4)[C@H](O)[C@H](C)O2)C1)C(=O)c1c(OC)cccc1C3=O. The number of aromatic hydroxyl groups is 2. The first kappa shape index (κ1) is 42.1. The highest BCUT2D eigenvalue weighted by Gasteiger charge is 2.50. The number of phenols is 2. The predicted molar refractivity (Wildman–Crippen MR) is 208 cm³/mol. The van der Waals surface area contributed by atoms with Crippen molar-refractivity contribution < 1.29 is 58.6 Å². The highest BCUT2D eigenvalue weighted by Crippen LogP contribution is 2.53. The Bertz CT molecular complexity index is 2200. The van der Waals surface area contributed by atoms with Gasteiger partial charge in [-0.2, -0.15) is 0 Å². The van der Waals surface area contributed by atoms with Crippen LogP contribution in [0, 0.1) is 0 Å². The van der Waals surface area contributed by atoms with Gasteiger partial charge in [-0.25, -0.2) is 4.79 Å². The van der Waals surface area contributed by atoms with E-state index < -0.39 is 95.2 Å². The highest BCUT2D eigenvalue weighted by molar-refractivity contribution is 6.31. The fraction of sp³-hybridized carbons (Fsp3) is 0.476. The van der Waals surface area contributed by atoms with Crippen molar-refractivity contribution in [2.45, 2.75) is 122 Å². The molecular formula is C42H48N4O12. The van der Waals surface area contributed by atoms with Gasteiger partial charge in [-0.15, -0.1) is 0 Å². The maximum absolute atomic E-state index is 14.0. The third kappa shape index (κ3) is 7.49. The number of hydrogen-bond acceptors (Lipinski definition) is 13. The zero-order valence-electron chi connectivity index (χ0n) is 33.4. The van der Waals surface area contributed by atoms with Crippen LogP contribution in [0.15, 0.2) is 35.4 Å². The van der Waals surface area contributed by atoms with Crippen LogP contribution in [-0.4, -0.2) is 81.1 Å². The number of fused-ring (bicyclic) bond motifs is 3. The molecule has 3 aromatic rings. The maximum atomic E-state index is 14.0. The van der Waals surface area contributed by atoms with Gasteiger partial charge in [0, 0.05) is 53.0 Å². The molecule has 0 bridgehead atoms. The van der Waals surface area contributed by atoms with Crippen LogP contribution in [0.1, 0.15) is 138 Å². The average Bonchev–Trinajstić information content (AvgIpc) is 3.18. The van der Waals surface area contributed by atoms with Crippen LogP contribution in [0.25, 0.3) is 10.4 Å². The minimum Gasteiger partial charge on any atom is -0.507 e. The highest BCUT2D eigenvalue weighted by atomic mass is 16.7. The standard InChI is InChI=1S/C42H48N4O12/c1-8-29(47)42(54)15-25-32(40(52)34-33(38(25)50)37(49)22-10-9-11-27(55-7)31(22)39(34)51)28(16-42)58-30-14-26(36(48)20(6)57-30)44-41(53)56-17-21-12-23(18(2)3)35(45-46-43)24(13-21)19(4)5/h9-13,18-20,26,28,30,36,48,50,52,54H,8,14-17H2,1-7H3,(H,44,53)/t20-,26-,28-,30-,36+,42-/m0/s1. The van der Waals surface area contributed by atoms with E-state index in [1.807, 2.05) is 39.8 Å². The van der Waals surface area contributed by atoms with Crippen molar-refractivity contribution in [1.82, 2.24) is 5.32 Å². The van der Waals surface area contributed by atoms with Crippen LogP contribution in [0.2, 0.25) is 0 Å². The van der Waals surface area contributed by atoms with Crippen LogP contribution in [0.3, 0.4) is 0 Å². The number of benzene rings is 3. The lowest BCUT2D eigenvalue weighted by Gasteiger charge is -2.42. The van der Waals surface area contributed by atoms with E-state index in [0.29, 0.717) is 11.3 Å². The largest absolute Gasteiger partial charge is 0.507 e. The Morgan fingerprint density at radius 3 is 2.31 bits per heavy atom. The summed E-state index contributed by atoms with van der Waals surface area (Å²) in [5.41, 5.74) is 8.48. The van der Waals surface area contributed by atoms with Gasteiger partial charge in [-0.3, -0.25) is 14.4 Å². The van der Waals surface area contributed by atoms with Crippen LogP contribution in [-0.2, 0) is 32.0 Å². The molecule has 2 aliphatic carbocycles. The number of phenolic OH excluding ortho intramolecular Hbond substituents is 2. The molecule has 3 aromatic carbocycles. The summed E-state index contributed by atoms with van der Waals surface area (Å²) in [5.74, 6) is -3.41. The number of aliphatic hydroxyl groups excluding tert-OH is 1. The Morgan fingerprint density at radius 1 is 1.05 bits per heavy atom. The van der Waals surface area contributed by atoms with Crippen LogP contribution in [0.5, 0.6) is 17.2 Å². The molecule has 6 rings (SSSR count). The Balaban J connectivity index is 1.28. The van der Waals surface area contributed by atoms with Crippen LogP contribution < -0.4 is 10.1 Å². The Kier molecular flexibility index (Phi) is 11.9. The van der Waals surface area contributed by atoms with E-state index in [9.17, 15) is 45.1 Å². The summed E-state index contributed by atoms with van der Waals surface area (Å²) in [5, 5.41) is 53.0. The minimum atomic E-state index is -2.11. The number of ether oxygens (including phenoxy) is 4. The summed E-state index contributed by atoms with van der Waals surface area (Å²) < 4.78 is 23.2. The van der Waals surface area contributed by atoms with Gasteiger partial charge in [0.25, 0.3) is 0 Å². The van der Waals surface area contributed by atoms with Crippen LogP contribution in [0.4, 0.5) is 10.5 Å². The number of azide groups is 1. The number of ketones is 3. The topological polar surface area (TPSA) is 247 Å². The third-order valence-electron chi connectivity index (χ3n) is 11.2. The third-order valence-corrected chi connectivity index (χ3v) is 11.2. The fourth-order valence-corrected chi connectivity index (χ4v) is 8.25. The van der Waals surface area contributed by atoms with Gasteiger partial charge in [-0.05, 0) is 47.0 Å². The lowest BCUT2D eigenvalue weighted by atomic mass is 9.71. The molecule has 0 spiro atoms. The lowest BCUT2D eigenvalue weighted by molar-refractivity contribution is -0.249. The van der Waals surface area contributed by atoms with Crippen molar-refractivity contribution in [1.29, 1.82) is 0 Å². The number of nitrogens with one attached hydrogen (secondary N) is 1. The molecule has 58 heavy (non-hydrogen) atoms. The molecule has 308 valence electrons. The number of hydrogen-bond donors (Lipinski definition) is 5. The number of aliphatic hydroxyl groups is 2. The van der Waals surface area contributed by atoms with Crippen molar-refractivity contribution in [3.05, 3.63) is 90.8 Å². The fourth-order valence-electron chi connectivity index (χ4n) is 8.25. The van der Waals surface area contributed by atoms with E-state index in [1.165, 1.54) is 25.3 Å². The van der Waals surface area contributed by atoms with Gasteiger partial charge in [0.15, 0.2) is 17.9 Å². The molecule has 1 aliphatic heterocycles. The van der Waals surface area contributed by atoms with Gasteiger partial charge in [0.1, 0.15) is 35.6 Å². The molecule has 16 heteroatoms. The molecule has 6 atom stereocenters. The summed E-state index contributed by atoms with van der Waals surface area (Å²) in [7, 11) is 1.32. The van der Waals surface area contributed by atoms with E-state index in [0.717, 1.165) is 11.1 Å². The van der Waals surface area contributed by atoms with Gasteiger partial charge in [0.2, 0.25) is 5.78 Å². The first-order valence-corrected chi connectivity index (χ1v) is 19.2. The van der Waals surface area contributed by atoms with Gasteiger partial charge >= 0.3 is 6.09 Å². The number of nitrogens with zero attached hydrogens (tertiary/aromatic N) is 3. The zero-order chi connectivity index (χ0) is 42.4. The predicted octanol–water partition coefficient (Wildman–Crippen LogP) is 6.58. The molecule has 3 aliphatic rings. The number of rotatable bonds is 11. The average molecular weight is 801 g/mol. The molecule has 0 saturated carbocycles. The molecule has 0 unspecified atom stereocenters. The van der Waals surface area contributed by atoms with E-state index in [-0.39, 0.29) is 59.3 Å². The molecule has 5 N–H and O–H groups in total. The number of carbonyl (C=O) groups excluding carboxylic acids is 4. The van der Waals surface area contributed by atoms with Crippen molar-refractivity contribution in [2.24, 2.45) is 5.11 Å². The number of methoxy groups -OCH3 is 1. The van der Waals surface area contributed by atoms with Crippen molar-refractivity contribution in [3.63, 3.8) is 0 Å². The maximum Gasteiger partial charge on any atom is 0.407 e. The first-order valence-electron chi connectivity index (χ1n) is 19.2. The Hall–Kier alpha value is -5.51. The Labute approximate surface area is 334 Å². The van der Waals surface area contributed by atoms with E-state index >= 15 is 0 Å². The lowest BCUT2D eigenvalue weighted by Crippen LogP contribution is -2.55. The van der Waals surface area contributed by atoms with E-state index in [1.54, 1.807) is 13.8 Å². The molecule has 1 fully saturated rings. The molecule has 16 nitrogen and oxygen atoms in total. The number of Topliss-reactive ketones (excluding diaryl/α,β-unsaturated/α-hetero) is 1. The smallest absolute Gasteiger partial charge is 0.407 e. The summed E-state index contributed by atoms with van der Waals surface area (Å²) >= 11 is 0. The van der Waals surface area contributed by atoms with Crippen molar-refractivity contribution in [3.8, 4) is 17.2 Å². The quantitative estimate of drug-likeness (QED) is 0.0468. The monoisotopic (exact) mass is 800 g/mol. The summed E-state index contributed by atoms with van der Waals surface area (Å²) in [6.45, 7) is 10.8. The summed E-state index contributed by atoms with van der Waals surface area (Å²) in [6.07, 6.45) is -6.79. The molecule has 0 aromatic heterocycles. The zero-order valence-corrected chi connectivity index (χ0v) is 33.4. The molecular weight excluding hydrogens is 752 g/mol. The van der Waals surface area contributed by atoms with Crippen LogP contribution >= 0.6 is 0 Å². The normalized spacial score (nSPS) is 23.7. The second kappa shape index (κ2) is 16.4. The summed E-state index contributed by atoms with van der Waals surface area (Å²) in [6, 6.07) is 7.04. The second-order valence-electron chi connectivity index (χ2n) is 15.6. The molecule has 1 saturated heterocycles. The number of amides is 1. The van der Waals surface area contributed by atoms with E-state index in [4.69, 9.17) is 18.9 Å². The first-order chi connectivity index (χ1) is 27.5. The second-order valence-corrected chi connectivity index (χ2v) is 15.6. The summed E-state index contributed by atoms with van der Waals surface area (Å²) in [4.78, 5) is 57.3. The van der Waals surface area contributed by atoms with Gasteiger partial charge < -0.3 is 44.7 Å². The minimum absolute atomic E-state index is 0.00862.